The van der Waals surface area contributed by atoms with Crippen molar-refractivity contribution in [2.75, 3.05) is 31.9 Å². The maximum atomic E-state index is 12.6. The average Bonchev–Trinajstić information content (AvgIpc) is 3.00. The van der Waals surface area contributed by atoms with Crippen LogP contribution in [0.1, 0.15) is 41.6 Å². The number of hydrogen-bond donors (Lipinski definition) is 1. The van der Waals surface area contributed by atoms with E-state index in [-0.39, 0.29) is 5.91 Å². The van der Waals surface area contributed by atoms with Gasteiger partial charge in [0, 0.05) is 43.5 Å². The number of carbonyl (C=O) groups is 1. The molecular formula is C17H25N3O. The predicted molar refractivity (Wildman–Crippen MR) is 85.3 cm³/mol. The maximum absolute atomic E-state index is 12.6. The zero-order valence-corrected chi connectivity index (χ0v) is 12.8. The van der Waals surface area contributed by atoms with E-state index in [4.69, 9.17) is 5.73 Å². The first-order valence-corrected chi connectivity index (χ1v) is 8.04. The van der Waals surface area contributed by atoms with E-state index in [0.717, 1.165) is 43.3 Å². The van der Waals surface area contributed by atoms with Crippen LogP contribution in [0, 0.1) is 6.92 Å². The van der Waals surface area contributed by atoms with Gasteiger partial charge in [-0.1, -0.05) is 12.8 Å². The third-order valence-corrected chi connectivity index (χ3v) is 4.79. The number of rotatable bonds is 2. The summed E-state index contributed by atoms with van der Waals surface area (Å²) in [5.74, 6) is 0.122. The zero-order chi connectivity index (χ0) is 14.8. The highest BCUT2D eigenvalue weighted by Crippen LogP contribution is 2.24. The van der Waals surface area contributed by atoms with Crippen molar-refractivity contribution in [2.24, 2.45) is 0 Å². The van der Waals surface area contributed by atoms with Crippen molar-refractivity contribution in [1.29, 1.82) is 0 Å². The van der Waals surface area contributed by atoms with E-state index in [1.165, 1.54) is 25.7 Å². The van der Waals surface area contributed by atoms with E-state index in [2.05, 4.69) is 4.90 Å². The molecule has 1 amide bonds. The molecule has 1 heterocycles. The lowest BCUT2D eigenvalue weighted by atomic mass is 10.1. The highest BCUT2D eigenvalue weighted by atomic mass is 16.2. The van der Waals surface area contributed by atoms with Crippen LogP contribution in [0.25, 0.3) is 0 Å². The molecule has 21 heavy (non-hydrogen) atoms. The molecule has 114 valence electrons. The van der Waals surface area contributed by atoms with Gasteiger partial charge < -0.3 is 10.6 Å². The van der Waals surface area contributed by atoms with Crippen LogP contribution in [0.2, 0.25) is 0 Å². The lowest BCUT2D eigenvalue weighted by molar-refractivity contribution is 0.0573. The molecule has 0 spiro atoms. The summed E-state index contributed by atoms with van der Waals surface area (Å²) in [7, 11) is 0. The maximum Gasteiger partial charge on any atom is 0.254 e. The lowest BCUT2D eigenvalue weighted by Crippen LogP contribution is -2.51. The third kappa shape index (κ3) is 3.21. The van der Waals surface area contributed by atoms with Crippen molar-refractivity contribution < 1.29 is 4.79 Å². The average molecular weight is 287 g/mol. The van der Waals surface area contributed by atoms with Gasteiger partial charge in [-0.2, -0.15) is 0 Å². The summed E-state index contributed by atoms with van der Waals surface area (Å²) in [5, 5.41) is 0. The number of hydrogen-bond acceptors (Lipinski definition) is 3. The van der Waals surface area contributed by atoms with Crippen LogP contribution in [0.5, 0.6) is 0 Å². The van der Waals surface area contributed by atoms with Gasteiger partial charge >= 0.3 is 0 Å². The van der Waals surface area contributed by atoms with Crippen molar-refractivity contribution >= 4 is 11.6 Å². The van der Waals surface area contributed by atoms with E-state index < -0.39 is 0 Å². The minimum Gasteiger partial charge on any atom is -0.399 e. The first-order valence-electron chi connectivity index (χ1n) is 8.04. The molecule has 2 fully saturated rings. The number of anilines is 1. The molecule has 0 radical (unpaired) electrons. The first kappa shape index (κ1) is 14.4. The number of piperazine rings is 1. The molecular weight excluding hydrogens is 262 g/mol. The van der Waals surface area contributed by atoms with Gasteiger partial charge in [0.1, 0.15) is 0 Å². The Bertz CT molecular complexity index is 495. The monoisotopic (exact) mass is 287 g/mol. The van der Waals surface area contributed by atoms with Crippen molar-refractivity contribution in [3.63, 3.8) is 0 Å². The molecule has 0 aromatic heterocycles. The van der Waals surface area contributed by atoms with Crippen LogP contribution >= 0.6 is 0 Å². The van der Waals surface area contributed by atoms with E-state index in [9.17, 15) is 4.79 Å². The molecule has 1 aromatic rings. The molecule has 1 aliphatic heterocycles. The van der Waals surface area contributed by atoms with Crippen LogP contribution in [0.4, 0.5) is 5.69 Å². The van der Waals surface area contributed by atoms with Gasteiger partial charge in [-0.05, 0) is 43.5 Å². The van der Waals surface area contributed by atoms with Crippen molar-refractivity contribution in [2.45, 2.75) is 38.6 Å². The number of amides is 1. The minimum atomic E-state index is 0.122. The number of benzene rings is 1. The minimum absolute atomic E-state index is 0.122. The van der Waals surface area contributed by atoms with Gasteiger partial charge in [0.25, 0.3) is 5.91 Å². The van der Waals surface area contributed by atoms with Gasteiger partial charge in [0.05, 0.1) is 0 Å². The van der Waals surface area contributed by atoms with Crippen LogP contribution < -0.4 is 5.73 Å². The number of nitrogens with two attached hydrogens (primary N) is 1. The molecule has 2 N–H and O–H groups in total. The SMILES string of the molecule is Cc1cc(N)cc(C(=O)N2CCN(C3CCCC3)CC2)c1. The molecule has 3 rings (SSSR count). The van der Waals surface area contributed by atoms with Crippen LogP contribution in [0.15, 0.2) is 18.2 Å². The Kier molecular flexibility index (Phi) is 4.15. The summed E-state index contributed by atoms with van der Waals surface area (Å²) < 4.78 is 0. The van der Waals surface area contributed by atoms with Gasteiger partial charge in [-0.3, -0.25) is 9.69 Å². The quantitative estimate of drug-likeness (QED) is 0.849. The molecule has 1 saturated heterocycles. The summed E-state index contributed by atoms with van der Waals surface area (Å²) >= 11 is 0. The molecule has 1 saturated carbocycles. The van der Waals surface area contributed by atoms with Gasteiger partial charge in [0.2, 0.25) is 0 Å². The zero-order valence-electron chi connectivity index (χ0n) is 12.8. The van der Waals surface area contributed by atoms with Crippen LogP contribution in [0.3, 0.4) is 0 Å². The largest absolute Gasteiger partial charge is 0.399 e. The van der Waals surface area contributed by atoms with Crippen LogP contribution in [-0.4, -0.2) is 47.9 Å². The smallest absolute Gasteiger partial charge is 0.254 e. The fourth-order valence-electron chi connectivity index (χ4n) is 3.68. The normalized spacial score (nSPS) is 20.9. The molecule has 1 aliphatic carbocycles. The summed E-state index contributed by atoms with van der Waals surface area (Å²) in [6, 6.07) is 6.38. The Morgan fingerprint density at radius 3 is 2.38 bits per heavy atom. The standard InChI is InChI=1S/C17H25N3O/c1-13-10-14(12-15(18)11-13)17(21)20-8-6-19(7-9-20)16-4-2-3-5-16/h10-12,16H,2-9,18H2,1H3. The molecule has 0 unspecified atom stereocenters. The topological polar surface area (TPSA) is 49.6 Å². The van der Waals surface area contributed by atoms with E-state index >= 15 is 0 Å². The van der Waals surface area contributed by atoms with E-state index in [1.54, 1.807) is 6.07 Å². The molecule has 1 aromatic carbocycles. The second-order valence-corrected chi connectivity index (χ2v) is 6.40. The second-order valence-electron chi connectivity index (χ2n) is 6.40. The summed E-state index contributed by atoms with van der Waals surface area (Å²) in [5.41, 5.74) is 8.29. The fraction of sp³-hybridized carbons (Fsp3) is 0.588. The van der Waals surface area contributed by atoms with E-state index in [0.29, 0.717) is 5.69 Å². The summed E-state index contributed by atoms with van der Waals surface area (Å²) in [6.07, 6.45) is 5.41. The number of nitrogens with zero attached hydrogens (tertiary/aromatic N) is 2. The first-order chi connectivity index (χ1) is 10.1. The number of carbonyl (C=O) groups excluding carboxylic acids is 1. The molecule has 4 nitrogen and oxygen atoms in total. The van der Waals surface area contributed by atoms with Crippen molar-refractivity contribution in [1.82, 2.24) is 9.80 Å². The van der Waals surface area contributed by atoms with Crippen LogP contribution in [-0.2, 0) is 0 Å². The molecule has 4 heteroatoms. The number of aryl methyl sites for hydroxylation is 1. The van der Waals surface area contributed by atoms with Crippen molar-refractivity contribution in [3.8, 4) is 0 Å². The van der Waals surface area contributed by atoms with Gasteiger partial charge in [-0.15, -0.1) is 0 Å². The predicted octanol–water partition coefficient (Wildman–Crippen LogP) is 2.28. The number of nitrogen functional groups attached to an aromatic ring is 1. The lowest BCUT2D eigenvalue weighted by Gasteiger charge is -2.38. The molecule has 2 aliphatic rings. The second kappa shape index (κ2) is 6.06. The Hall–Kier alpha value is -1.55. The molecule has 0 bridgehead atoms. The Labute approximate surface area is 126 Å². The molecule has 0 atom stereocenters. The van der Waals surface area contributed by atoms with Gasteiger partial charge in [-0.25, -0.2) is 0 Å². The third-order valence-electron chi connectivity index (χ3n) is 4.79. The highest BCUT2D eigenvalue weighted by Gasteiger charge is 2.28. The van der Waals surface area contributed by atoms with Crippen molar-refractivity contribution in [3.05, 3.63) is 29.3 Å². The van der Waals surface area contributed by atoms with Gasteiger partial charge in [0.15, 0.2) is 0 Å². The Morgan fingerprint density at radius 1 is 1.10 bits per heavy atom. The fourth-order valence-corrected chi connectivity index (χ4v) is 3.68. The summed E-state index contributed by atoms with van der Waals surface area (Å²) in [4.78, 5) is 17.1. The summed E-state index contributed by atoms with van der Waals surface area (Å²) in [6.45, 7) is 5.67. The Balaban J connectivity index is 1.62. The highest BCUT2D eigenvalue weighted by molar-refractivity contribution is 5.95. The Morgan fingerprint density at radius 2 is 1.76 bits per heavy atom. The van der Waals surface area contributed by atoms with E-state index in [1.807, 2.05) is 24.0 Å².